The van der Waals surface area contributed by atoms with Crippen molar-refractivity contribution in [3.63, 3.8) is 0 Å². The minimum atomic E-state index is -0.591. The van der Waals surface area contributed by atoms with E-state index in [-0.39, 0.29) is 32.8 Å². The van der Waals surface area contributed by atoms with Crippen LogP contribution in [-0.2, 0) is 0 Å². The van der Waals surface area contributed by atoms with Crippen LogP contribution in [0.25, 0.3) is 16.7 Å². The Balaban J connectivity index is 1.79. The maximum absolute atomic E-state index is 12.7. The van der Waals surface area contributed by atoms with Crippen LogP contribution in [0.1, 0.15) is 0 Å². The number of anilines is 2. The number of halogens is 2. The Bertz CT molecular complexity index is 1310. The average Bonchev–Trinajstić information content (AvgIpc) is 2.70. The van der Waals surface area contributed by atoms with E-state index >= 15 is 0 Å². The molecule has 8 nitrogen and oxygen atoms in total. The normalized spacial score (nSPS) is 10.9. The molecule has 10 heteroatoms. The van der Waals surface area contributed by atoms with E-state index in [4.69, 9.17) is 33.3 Å². The van der Waals surface area contributed by atoms with Crippen molar-refractivity contribution in [2.45, 2.75) is 0 Å². The predicted octanol–water partition coefficient (Wildman–Crippen LogP) is 3.65. The van der Waals surface area contributed by atoms with Gasteiger partial charge in [-0.3, -0.25) is 10.4 Å². The molecule has 0 unspecified atom stereocenters. The van der Waals surface area contributed by atoms with Gasteiger partial charge in [0.1, 0.15) is 11.2 Å². The summed E-state index contributed by atoms with van der Waals surface area (Å²) in [4.78, 5) is 23.9. The highest BCUT2D eigenvalue weighted by atomic mass is 35.5. The van der Waals surface area contributed by atoms with Gasteiger partial charge in [0.05, 0.1) is 28.2 Å². The molecule has 146 valence electrons. The molecule has 0 spiro atoms. The van der Waals surface area contributed by atoms with Gasteiger partial charge in [-0.2, -0.15) is 4.98 Å². The second kappa shape index (κ2) is 7.57. The summed E-state index contributed by atoms with van der Waals surface area (Å²) < 4.78 is 6.22. The molecule has 0 aliphatic rings. The predicted molar refractivity (Wildman–Crippen MR) is 112 cm³/mol. The SMILES string of the molecule is COc1ccc(Nc2ncc3c(=N)n(-c4c(Cl)cccc4Cl)c(=O)[nH]c3n2)cc1. The number of H-pyrrole nitrogens is 1. The van der Waals surface area contributed by atoms with E-state index in [1.165, 1.54) is 6.20 Å². The highest BCUT2D eigenvalue weighted by Crippen LogP contribution is 2.26. The van der Waals surface area contributed by atoms with Gasteiger partial charge >= 0.3 is 5.69 Å². The molecule has 0 radical (unpaired) electrons. The van der Waals surface area contributed by atoms with Crippen LogP contribution in [-0.4, -0.2) is 26.6 Å². The number of hydrogen-bond acceptors (Lipinski definition) is 6. The zero-order valence-corrected chi connectivity index (χ0v) is 16.5. The molecule has 0 saturated carbocycles. The molecule has 0 bridgehead atoms. The molecule has 4 rings (SSSR count). The molecule has 2 aromatic heterocycles. The first-order valence-electron chi connectivity index (χ1n) is 8.40. The number of hydrogen-bond donors (Lipinski definition) is 3. The summed E-state index contributed by atoms with van der Waals surface area (Å²) in [5.41, 5.74) is 0.462. The molecule has 0 fully saturated rings. The Morgan fingerprint density at radius 2 is 1.83 bits per heavy atom. The third-order valence-corrected chi connectivity index (χ3v) is 4.81. The summed E-state index contributed by atoms with van der Waals surface area (Å²) in [5, 5.41) is 12.3. The fourth-order valence-electron chi connectivity index (χ4n) is 2.81. The van der Waals surface area contributed by atoms with Crippen molar-refractivity contribution < 1.29 is 4.74 Å². The molecule has 0 atom stereocenters. The number of methoxy groups -OCH3 is 1. The van der Waals surface area contributed by atoms with Gasteiger partial charge in [-0.05, 0) is 36.4 Å². The van der Waals surface area contributed by atoms with Crippen molar-refractivity contribution >= 4 is 45.9 Å². The summed E-state index contributed by atoms with van der Waals surface area (Å²) in [5.74, 6) is 0.993. The van der Waals surface area contributed by atoms with E-state index < -0.39 is 5.69 Å². The van der Waals surface area contributed by atoms with Crippen molar-refractivity contribution in [1.82, 2.24) is 19.5 Å². The molecule has 0 aliphatic carbocycles. The zero-order chi connectivity index (χ0) is 20.5. The van der Waals surface area contributed by atoms with Crippen LogP contribution in [0.15, 0.2) is 53.5 Å². The summed E-state index contributed by atoms with van der Waals surface area (Å²) in [6, 6.07) is 12.1. The Kier molecular flexibility index (Phi) is 4.96. The lowest BCUT2D eigenvalue weighted by molar-refractivity contribution is 0.415. The van der Waals surface area contributed by atoms with Crippen LogP contribution in [0.5, 0.6) is 5.75 Å². The van der Waals surface area contributed by atoms with Gasteiger partial charge in [0.25, 0.3) is 0 Å². The standard InChI is InChI=1S/C19H14Cl2N6O2/c1-29-11-7-5-10(6-8-11)24-18-23-9-12-16(22)27(19(28)26-17(12)25-18)15-13(20)3-2-4-14(15)21/h2-9,22H,1H3,(H2,23,24,25,26,28). The third kappa shape index (κ3) is 3.55. The number of aromatic amines is 1. The van der Waals surface area contributed by atoms with Crippen LogP contribution in [0, 0.1) is 5.41 Å². The van der Waals surface area contributed by atoms with Gasteiger partial charge in [0.2, 0.25) is 5.95 Å². The van der Waals surface area contributed by atoms with E-state index in [0.717, 1.165) is 16.0 Å². The van der Waals surface area contributed by atoms with Crippen molar-refractivity contribution in [3.8, 4) is 11.4 Å². The number of ether oxygens (including phenoxy) is 1. The Morgan fingerprint density at radius 1 is 1.14 bits per heavy atom. The van der Waals surface area contributed by atoms with Gasteiger partial charge in [0, 0.05) is 11.9 Å². The molecule has 2 heterocycles. The Morgan fingerprint density at radius 3 is 2.48 bits per heavy atom. The van der Waals surface area contributed by atoms with Crippen molar-refractivity contribution in [2.75, 3.05) is 12.4 Å². The van der Waals surface area contributed by atoms with E-state index in [1.807, 2.05) is 12.1 Å². The van der Waals surface area contributed by atoms with Gasteiger partial charge in [-0.1, -0.05) is 29.3 Å². The largest absolute Gasteiger partial charge is 0.497 e. The molecule has 0 amide bonds. The minimum Gasteiger partial charge on any atom is -0.497 e. The molecule has 29 heavy (non-hydrogen) atoms. The summed E-state index contributed by atoms with van der Waals surface area (Å²) >= 11 is 12.4. The number of aromatic nitrogens is 4. The van der Waals surface area contributed by atoms with E-state index in [9.17, 15) is 4.79 Å². The van der Waals surface area contributed by atoms with Gasteiger partial charge in [-0.25, -0.2) is 14.3 Å². The monoisotopic (exact) mass is 428 g/mol. The number of para-hydroxylation sites is 1. The molecular weight excluding hydrogens is 415 g/mol. The Labute approximate surface area is 174 Å². The first-order chi connectivity index (χ1) is 14.0. The van der Waals surface area contributed by atoms with Crippen LogP contribution < -0.4 is 21.2 Å². The van der Waals surface area contributed by atoms with Gasteiger partial charge in [0.15, 0.2) is 5.65 Å². The smallest absolute Gasteiger partial charge is 0.333 e. The first kappa shape index (κ1) is 19.0. The molecular formula is C19H14Cl2N6O2. The lowest BCUT2D eigenvalue weighted by atomic mass is 10.3. The van der Waals surface area contributed by atoms with Gasteiger partial charge < -0.3 is 10.1 Å². The van der Waals surface area contributed by atoms with Crippen LogP contribution in [0.3, 0.4) is 0 Å². The quantitative estimate of drug-likeness (QED) is 0.459. The fraction of sp³-hybridized carbons (Fsp3) is 0.0526. The highest BCUT2D eigenvalue weighted by Gasteiger charge is 2.14. The molecule has 0 saturated heterocycles. The van der Waals surface area contributed by atoms with Crippen LogP contribution in [0.4, 0.5) is 11.6 Å². The zero-order valence-electron chi connectivity index (χ0n) is 15.0. The minimum absolute atomic E-state index is 0.130. The van der Waals surface area contributed by atoms with E-state index in [1.54, 1.807) is 37.4 Å². The van der Waals surface area contributed by atoms with Crippen molar-refractivity contribution in [3.05, 3.63) is 74.7 Å². The number of nitrogens with one attached hydrogen (secondary N) is 3. The van der Waals surface area contributed by atoms with E-state index in [2.05, 4.69) is 20.3 Å². The maximum atomic E-state index is 12.7. The lowest BCUT2D eigenvalue weighted by Gasteiger charge is -2.12. The fourth-order valence-corrected chi connectivity index (χ4v) is 3.38. The van der Waals surface area contributed by atoms with Crippen LogP contribution in [0.2, 0.25) is 10.0 Å². The summed E-state index contributed by atoms with van der Waals surface area (Å²) in [7, 11) is 1.59. The Hall–Kier alpha value is -3.36. The topological polar surface area (TPSA) is 109 Å². The van der Waals surface area contributed by atoms with Crippen molar-refractivity contribution in [1.29, 1.82) is 5.41 Å². The average molecular weight is 429 g/mol. The number of rotatable bonds is 4. The number of fused-ring (bicyclic) bond motifs is 1. The molecule has 0 aliphatic heterocycles. The van der Waals surface area contributed by atoms with E-state index in [0.29, 0.717) is 5.39 Å². The van der Waals surface area contributed by atoms with Crippen LogP contribution >= 0.6 is 23.2 Å². The van der Waals surface area contributed by atoms with Gasteiger partial charge in [-0.15, -0.1) is 0 Å². The molecule has 2 aromatic carbocycles. The third-order valence-electron chi connectivity index (χ3n) is 4.20. The molecule has 4 aromatic rings. The second-order valence-corrected chi connectivity index (χ2v) is 6.81. The second-order valence-electron chi connectivity index (χ2n) is 5.99. The maximum Gasteiger partial charge on any atom is 0.333 e. The number of benzene rings is 2. The summed E-state index contributed by atoms with van der Waals surface area (Å²) in [6.07, 6.45) is 1.45. The highest BCUT2D eigenvalue weighted by molar-refractivity contribution is 6.37. The summed E-state index contributed by atoms with van der Waals surface area (Å²) in [6.45, 7) is 0. The lowest BCUT2D eigenvalue weighted by Crippen LogP contribution is -2.34. The van der Waals surface area contributed by atoms with Crippen molar-refractivity contribution in [2.24, 2.45) is 0 Å². The molecule has 3 N–H and O–H groups in total. The first-order valence-corrected chi connectivity index (χ1v) is 9.15. The number of nitrogens with zero attached hydrogens (tertiary/aromatic N) is 3.